The maximum Gasteiger partial charge on any atom is 0.293 e. The van der Waals surface area contributed by atoms with E-state index in [4.69, 9.17) is 21.1 Å². The molecule has 3 rings (SSSR count). The largest absolute Gasteiger partial charge is 0.492 e. The van der Waals surface area contributed by atoms with Gasteiger partial charge in [0.25, 0.3) is 11.1 Å². The lowest BCUT2D eigenvalue weighted by atomic mass is 10.2. The number of halogens is 2. The molecule has 8 heteroatoms. The Balaban J connectivity index is 1.69. The van der Waals surface area contributed by atoms with Crippen molar-refractivity contribution >= 4 is 56.5 Å². The summed E-state index contributed by atoms with van der Waals surface area (Å²) in [6, 6.07) is 12.4. The summed E-state index contributed by atoms with van der Waals surface area (Å²) in [5.74, 6) is 0.871. The molecular weight excluding hydrogens is 478 g/mol. The third-order valence-corrected chi connectivity index (χ3v) is 5.54. The lowest BCUT2D eigenvalue weighted by molar-refractivity contribution is -0.123. The number of benzene rings is 2. The molecule has 1 aliphatic rings. The predicted molar refractivity (Wildman–Crippen MR) is 119 cm³/mol. The van der Waals surface area contributed by atoms with Crippen LogP contribution in [0, 0.1) is 0 Å². The van der Waals surface area contributed by atoms with E-state index in [1.54, 1.807) is 42.5 Å². The summed E-state index contributed by atoms with van der Waals surface area (Å²) in [6.07, 6.45) is 3.30. The molecule has 150 valence electrons. The second-order valence-corrected chi connectivity index (χ2v) is 8.26. The molecule has 0 N–H and O–H groups in total. The van der Waals surface area contributed by atoms with Crippen LogP contribution in [0.5, 0.6) is 11.5 Å². The van der Waals surface area contributed by atoms with E-state index >= 15 is 0 Å². The highest BCUT2D eigenvalue weighted by atomic mass is 79.9. The lowest BCUT2D eigenvalue weighted by Gasteiger charge is -2.13. The Labute approximate surface area is 186 Å². The fourth-order valence-electron chi connectivity index (χ4n) is 2.53. The van der Waals surface area contributed by atoms with Crippen LogP contribution in [0.25, 0.3) is 6.08 Å². The summed E-state index contributed by atoms with van der Waals surface area (Å²) in [5, 5.41) is 0.280. The quantitative estimate of drug-likeness (QED) is 0.344. The van der Waals surface area contributed by atoms with Gasteiger partial charge in [-0.1, -0.05) is 40.2 Å². The molecule has 1 heterocycles. The van der Waals surface area contributed by atoms with Gasteiger partial charge in [-0.05, 0) is 60.3 Å². The van der Waals surface area contributed by atoms with Crippen molar-refractivity contribution in [2.75, 3.05) is 19.8 Å². The first-order valence-electron chi connectivity index (χ1n) is 8.65. The Morgan fingerprint density at radius 3 is 2.62 bits per heavy atom. The fourth-order valence-corrected chi connectivity index (χ4v) is 3.89. The number of carbonyl (C=O) groups excluding carboxylic acids is 2. The number of imide groups is 1. The van der Waals surface area contributed by atoms with Gasteiger partial charge in [-0.15, -0.1) is 0 Å². The minimum Gasteiger partial charge on any atom is -0.492 e. The molecule has 0 aromatic heterocycles. The van der Waals surface area contributed by atoms with Crippen LogP contribution >= 0.6 is 39.3 Å². The zero-order valence-corrected chi connectivity index (χ0v) is 18.4. The van der Waals surface area contributed by atoms with E-state index < -0.39 is 0 Å². The normalized spacial score (nSPS) is 15.1. The van der Waals surface area contributed by atoms with Gasteiger partial charge in [0.15, 0.2) is 0 Å². The van der Waals surface area contributed by atoms with Crippen molar-refractivity contribution < 1.29 is 19.1 Å². The van der Waals surface area contributed by atoms with Crippen molar-refractivity contribution in [1.29, 1.82) is 0 Å². The van der Waals surface area contributed by atoms with E-state index in [1.165, 1.54) is 4.90 Å². The van der Waals surface area contributed by atoms with Crippen molar-refractivity contribution in [2.45, 2.75) is 0 Å². The molecule has 0 atom stereocenters. The molecular formula is C21H17BrClNO4S. The molecule has 0 radical (unpaired) electrons. The van der Waals surface area contributed by atoms with Crippen LogP contribution in [0.1, 0.15) is 5.56 Å². The van der Waals surface area contributed by atoms with Gasteiger partial charge < -0.3 is 9.47 Å². The van der Waals surface area contributed by atoms with Gasteiger partial charge in [-0.25, -0.2) is 0 Å². The van der Waals surface area contributed by atoms with E-state index in [2.05, 4.69) is 22.5 Å². The molecule has 5 nitrogen and oxygen atoms in total. The van der Waals surface area contributed by atoms with Crippen LogP contribution in [0.2, 0.25) is 5.02 Å². The number of hydrogen-bond acceptors (Lipinski definition) is 5. The first kappa shape index (κ1) is 21.5. The highest BCUT2D eigenvalue weighted by Gasteiger charge is 2.35. The minimum absolute atomic E-state index is 0.156. The maximum atomic E-state index is 12.7. The second kappa shape index (κ2) is 10.0. The summed E-state index contributed by atoms with van der Waals surface area (Å²) in [7, 11) is 0. The minimum atomic E-state index is -0.352. The molecule has 1 saturated heterocycles. The van der Waals surface area contributed by atoms with Crippen molar-refractivity contribution in [2.24, 2.45) is 0 Å². The van der Waals surface area contributed by atoms with Crippen molar-refractivity contribution in [3.05, 3.63) is 75.1 Å². The summed E-state index contributed by atoms with van der Waals surface area (Å²) >= 11 is 10.2. The molecule has 0 saturated carbocycles. The first-order chi connectivity index (χ1) is 14.0. The highest BCUT2D eigenvalue weighted by molar-refractivity contribution is 9.10. The number of hydrogen-bond donors (Lipinski definition) is 0. The molecule has 0 bridgehead atoms. The average molecular weight is 495 g/mol. The Morgan fingerprint density at radius 2 is 1.90 bits per heavy atom. The third-order valence-electron chi connectivity index (χ3n) is 3.89. The molecule has 1 fully saturated rings. The van der Waals surface area contributed by atoms with E-state index in [0.717, 1.165) is 16.2 Å². The number of ether oxygens (including phenoxy) is 2. The summed E-state index contributed by atoms with van der Waals surface area (Å²) in [6.45, 7) is 4.32. The second-order valence-electron chi connectivity index (χ2n) is 5.92. The van der Waals surface area contributed by atoms with Gasteiger partial charge in [0.05, 0.1) is 11.4 Å². The summed E-state index contributed by atoms with van der Waals surface area (Å²) < 4.78 is 12.1. The van der Waals surface area contributed by atoms with Crippen LogP contribution < -0.4 is 9.47 Å². The van der Waals surface area contributed by atoms with Crippen LogP contribution in [0.4, 0.5) is 4.79 Å². The van der Waals surface area contributed by atoms with E-state index in [9.17, 15) is 9.59 Å². The number of amides is 2. The Bertz CT molecular complexity index is 962. The van der Waals surface area contributed by atoms with E-state index in [-0.39, 0.29) is 24.3 Å². The molecule has 1 aliphatic heterocycles. The average Bonchev–Trinajstić information content (AvgIpc) is 2.96. The zero-order valence-electron chi connectivity index (χ0n) is 15.3. The molecule has 2 amide bonds. The Hall–Kier alpha value is -2.22. The highest BCUT2D eigenvalue weighted by Crippen LogP contribution is 2.34. The van der Waals surface area contributed by atoms with Gasteiger partial charge in [0, 0.05) is 15.1 Å². The van der Waals surface area contributed by atoms with Gasteiger partial charge in [-0.2, -0.15) is 0 Å². The summed E-state index contributed by atoms with van der Waals surface area (Å²) in [5.41, 5.74) is 0.698. The standard InChI is InChI=1S/C21H17BrClNO4S/c1-2-10-28-18-8-3-15(22)12-14(18)13-19-20(25)24(21(26)29-19)9-11-27-17-6-4-16(23)5-7-17/h2-8,12-13H,1,9-11H2/b19-13-. The van der Waals surface area contributed by atoms with E-state index in [1.807, 2.05) is 12.1 Å². The van der Waals surface area contributed by atoms with Crippen molar-refractivity contribution in [3.63, 3.8) is 0 Å². The van der Waals surface area contributed by atoms with Crippen LogP contribution in [0.3, 0.4) is 0 Å². The smallest absolute Gasteiger partial charge is 0.293 e. The van der Waals surface area contributed by atoms with E-state index in [0.29, 0.717) is 33.6 Å². The summed E-state index contributed by atoms with van der Waals surface area (Å²) in [4.78, 5) is 26.5. The van der Waals surface area contributed by atoms with Crippen LogP contribution in [-0.4, -0.2) is 35.8 Å². The predicted octanol–water partition coefficient (Wildman–Crippen LogP) is 5.78. The number of nitrogens with zero attached hydrogens (tertiary/aromatic N) is 1. The van der Waals surface area contributed by atoms with Gasteiger partial charge in [0.2, 0.25) is 0 Å². The van der Waals surface area contributed by atoms with Gasteiger partial charge in [-0.3, -0.25) is 14.5 Å². The molecule has 29 heavy (non-hydrogen) atoms. The zero-order chi connectivity index (χ0) is 20.8. The fraction of sp³-hybridized carbons (Fsp3) is 0.143. The molecule has 0 aliphatic carbocycles. The lowest BCUT2D eigenvalue weighted by Crippen LogP contribution is -2.32. The monoisotopic (exact) mass is 493 g/mol. The van der Waals surface area contributed by atoms with Crippen molar-refractivity contribution in [1.82, 2.24) is 4.90 Å². The van der Waals surface area contributed by atoms with Crippen LogP contribution in [0.15, 0.2) is 64.5 Å². The Morgan fingerprint density at radius 1 is 1.14 bits per heavy atom. The molecule has 0 spiro atoms. The molecule has 0 unspecified atom stereocenters. The molecule has 2 aromatic rings. The topological polar surface area (TPSA) is 55.8 Å². The Kier molecular flexibility index (Phi) is 7.41. The number of carbonyl (C=O) groups is 2. The van der Waals surface area contributed by atoms with Crippen LogP contribution in [-0.2, 0) is 4.79 Å². The maximum absolute atomic E-state index is 12.7. The number of thioether (sulfide) groups is 1. The first-order valence-corrected chi connectivity index (χ1v) is 10.6. The molecule has 2 aromatic carbocycles. The number of rotatable bonds is 8. The van der Waals surface area contributed by atoms with Crippen molar-refractivity contribution in [3.8, 4) is 11.5 Å². The van der Waals surface area contributed by atoms with Gasteiger partial charge in [0.1, 0.15) is 24.7 Å². The van der Waals surface area contributed by atoms with Gasteiger partial charge >= 0.3 is 0 Å². The SMILES string of the molecule is C=CCOc1ccc(Br)cc1/C=C1\SC(=O)N(CCOc2ccc(Cl)cc2)C1=O. The third kappa shape index (κ3) is 5.65.